The molecule has 0 unspecified atom stereocenters. The molecule has 2 aromatic carbocycles. The molecule has 1 saturated heterocycles. The van der Waals surface area contributed by atoms with E-state index in [1.807, 2.05) is 50.2 Å². The average Bonchev–Trinajstić information content (AvgIpc) is 3.36. The molecule has 0 spiro atoms. The van der Waals surface area contributed by atoms with Gasteiger partial charge >= 0.3 is 0 Å². The molecule has 39 heavy (non-hydrogen) atoms. The predicted octanol–water partition coefficient (Wildman–Crippen LogP) is 7.72. The third-order valence-corrected chi connectivity index (χ3v) is 13.6. The molecule has 0 saturated carbocycles. The van der Waals surface area contributed by atoms with Gasteiger partial charge in [0.25, 0.3) is 0 Å². The molecule has 1 N–H and O–H groups in total. The van der Waals surface area contributed by atoms with Crippen LogP contribution in [0.25, 0.3) is 10.9 Å². The highest BCUT2D eigenvalue weighted by Crippen LogP contribution is 2.45. The first-order chi connectivity index (χ1) is 18.0. The van der Waals surface area contributed by atoms with Gasteiger partial charge in [0, 0.05) is 32.0 Å². The van der Waals surface area contributed by atoms with Gasteiger partial charge in [-0.2, -0.15) is 0 Å². The van der Waals surface area contributed by atoms with Crippen LogP contribution in [0.15, 0.2) is 40.9 Å². The minimum atomic E-state index is -1.94. The zero-order chi connectivity index (χ0) is 28.5. The predicted molar refractivity (Wildman–Crippen MR) is 160 cm³/mol. The van der Waals surface area contributed by atoms with E-state index in [1.54, 1.807) is 0 Å². The van der Waals surface area contributed by atoms with E-state index in [0.29, 0.717) is 24.5 Å². The molecule has 0 radical (unpaired) electrons. The van der Waals surface area contributed by atoms with E-state index in [-0.39, 0.29) is 28.4 Å². The zero-order valence-corrected chi connectivity index (χ0v) is 27.0. The number of rotatable bonds is 6. The quantitative estimate of drug-likeness (QED) is 0.288. The minimum Gasteiger partial charge on any atom is -0.491 e. The van der Waals surface area contributed by atoms with Gasteiger partial charge in [0.15, 0.2) is 19.9 Å². The van der Waals surface area contributed by atoms with Gasteiger partial charge in [-0.25, -0.2) is 0 Å². The van der Waals surface area contributed by atoms with Gasteiger partial charge in [-0.1, -0.05) is 62.7 Å². The molecule has 1 aromatic heterocycles. The zero-order valence-electron chi connectivity index (χ0n) is 24.5. The number of nitrogens with one attached hydrogen (secondary N) is 1. The first kappa shape index (κ1) is 28.6. The summed E-state index contributed by atoms with van der Waals surface area (Å²) in [7, 11) is -1.94. The van der Waals surface area contributed by atoms with Crippen LogP contribution in [0.3, 0.4) is 0 Å². The van der Waals surface area contributed by atoms with Gasteiger partial charge in [-0.3, -0.25) is 4.79 Å². The van der Waals surface area contributed by atoms with Crippen molar-refractivity contribution in [2.45, 2.75) is 90.0 Å². The number of ketones is 1. The molecule has 210 valence electrons. The van der Waals surface area contributed by atoms with Gasteiger partial charge < -0.3 is 23.6 Å². The Kier molecular flexibility index (Phi) is 6.99. The van der Waals surface area contributed by atoms with Gasteiger partial charge in [0.1, 0.15) is 24.6 Å². The van der Waals surface area contributed by atoms with Crippen LogP contribution in [0.2, 0.25) is 18.1 Å². The lowest BCUT2D eigenvalue weighted by Crippen LogP contribution is -2.44. The highest BCUT2D eigenvalue weighted by molar-refractivity contribution is 9.10. The highest BCUT2D eigenvalue weighted by atomic mass is 79.9. The molecule has 2 aliphatic rings. The topological polar surface area (TPSA) is 69.8 Å². The number of fused-ring (bicyclic) bond motifs is 4. The molecule has 1 aliphatic heterocycles. The number of hydrogen-bond acceptors (Lipinski definition) is 5. The summed E-state index contributed by atoms with van der Waals surface area (Å²) < 4.78 is 26.1. The summed E-state index contributed by atoms with van der Waals surface area (Å²) in [6.07, 6.45) is -0.521. The molecule has 3 aromatic rings. The second-order valence-electron chi connectivity index (χ2n) is 13.3. The van der Waals surface area contributed by atoms with Crippen LogP contribution < -0.4 is 4.74 Å². The number of ether oxygens (including phenoxy) is 3. The molecule has 1 fully saturated rings. The van der Waals surface area contributed by atoms with E-state index in [9.17, 15) is 4.79 Å². The maximum Gasteiger partial charge on any atom is 0.195 e. The lowest BCUT2D eigenvalue weighted by molar-refractivity contribution is -0.150. The van der Waals surface area contributed by atoms with Crippen molar-refractivity contribution in [2.75, 3.05) is 13.2 Å². The average molecular weight is 615 g/mol. The van der Waals surface area contributed by atoms with E-state index in [1.165, 1.54) is 0 Å². The SMILES string of the molecule is CC1(C)O[C@H](COc2ccc3c(c2)C(=O)c2c([nH]c4cc(Br)ccc24)C3(C)C)[C@@H](CO[Si](C)(C)C(C)(C)C)O1. The Morgan fingerprint density at radius 3 is 2.33 bits per heavy atom. The van der Waals surface area contributed by atoms with Crippen molar-refractivity contribution < 1.29 is 23.4 Å². The number of H-pyrrole nitrogens is 1. The van der Waals surface area contributed by atoms with Crippen molar-refractivity contribution in [3.05, 3.63) is 63.3 Å². The number of hydrogen-bond donors (Lipinski definition) is 1. The van der Waals surface area contributed by atoms with E-state index in [0.717, 1.165) is 32.2 Å². The Bertz CT molecular complexity index is 1430. The summed E-state index contributed by atoms with van der Waals surface area (Å²) in [6, 6.07) is 11.8. The van der Waals surface area contributed by atoms with E-state index < -0.39 is 14.1 Å². The number of aromatic nitrogens is 1. The van der Waals surface area contributed by atoms with Crippen LogP contribution in [-0.4, -0.2) is 50.3 Å². The van der Waals surface area contributed by atoms with Gasteiger partial charge in [0.2, 0.25) is 0 Å². The Morgan fingerprint density at radius 1 is 1.00 bits per heavy atom. The molecule has 1 aliphatic carbocycles. The molecular formula is C31H40BrNO5Si. The van der Waals surface area contributed by atoms with E-state index in [2.05, 4.69) is 68.6 Å². The van der Waals surface area contributed by atoms with Crippen LogP contribution in [-0.2, 0) is 19.3 Å². The van der Waals surface area contributed by atoms with Gasteiger partial charge in [0.05, 0.1) is 12.2 Å². The molecule has 0 amide bonds. The summed E-state index contributed by atoms with van der Waals surface area (Å²) in [5, 5.41) is 1.05. The third-order valence-electron chi connectivity index (χ3n) is 8.64. The highest BCUT2D eigenvalue weighted by Gasteiger charge is 2.45. The fourth-order valence-corrected chi connectivity index (χ4v) is 6.74. The smallest absolute Gasteiger partial charge is 0.195 e. The minimum absolute atomic E-state index is 0.0144. The third kappa shape index (κ3) is 5.15. The first-order valence-corrected chi connectivity index (χ1v) is 17.3. The fraction of sp³-hybridized carbons (Fsp3) is 0.516. The van der Waals surface area contributed by atoms with Crippen molar-refractivity contribution in [1.82, 2.24) is 4.98 Å². The summed E-state index contributed by atoms with van der Waals surface area (Å²) in [4.78, 5) is 17.3. The molecule has 0 bridgehead atoms. The Balaban J connectivity index is 1.37. The van der Waals surface area contributed by atoms with Gasteiger partial charge in [-0.05, 0) is 61.8 Å². The number of halogens is 1. The van der Waals surface area contributed by atoms with Crippen LogP contribution in [0.5, 0.6) is 5.75 Å². The second kappa shape index (κ2) is 9.55. The Hall–Kier alpha value is -1.97. The van der Waals surface area contributed by atoms with Crippen molar-refractivity contribution in [3.63, 3.8) is 0 Å². The molecular weight excluding hydrogens is 574 g/mol. The Labute approximate surface area is 241 Å². The molecule has 5 rings (SSSR count). The molecule has 2 atom stereocenters. The maximum atomic E-state index is 13.8. The Morgan fingerprint density at radius 2 is 1.67 bits per heavy atom. The van der Waals surface area contributed by atoms with Crippen molar-refractivity contribution in [2.24, 2.45) is 0 Å². The number of carbonyl (C=O) groups is 1. The normalized spacial score (nSPS) is 22.2. The standard InChI is InChI=1S/C31H40BrNO5Si/c1-29(2,3)39(8,9)36-17-25-24(37-31(6,7)38-25)16-35-19-11-13-22-21(15-19)27(34)26-20-12-10-18(32)14-23(20)33-28(26)30(22,4)5/h10-15,24-25,33H,16-17H2,1-9H3/t24-,25-/m1/s1. The van der Waals surface area contributed by atoms with Crippen molar-refractivity contribution >= 4 is 40.9 Å². The van der Waals surface area contributed by atoms with Crippen LogP contribution >= 0.6 is 15.9 Å². The van der Waals surface area contributed by atoms with Crippen LogP contribution in [0, 0.1) is 0 Å². The summed E-state index contributed by atoms with van der Waals surface area (Å²) in [6.45, 7) is 20.1. The number of aromatic amines is 1. The van der Waals surface area contributed by atoms with Crippen molar-refractivity contribution in [1.29, 1.82) is 0 Å². The second-order valence-corrected chi connectivity index (χ2v) is 19.0. The van der Waals surface area contributed by atoms with Gasteiger partial charge in [-0.15, -0.1) is 0 Å². The summed E-state index contributed by atoms with van der Waals surface area (Å²) in [5.74, 6) is -0.0617. The lowest BCUT2D eigenvalue weighted by Gasteiger charge is -2.37. The summed E-state index contributed by atoms with van der Waals surface area (Å²) in [5.41, 5.74) is 3.94. The van der Waals surface area contributed by atoms with E-state index in [4.69, 9.17) is 18.6 Å². The monoisotopic (exact) mass is 613 g/mol. The maximum absolute atomic E-state index is 13.8. The first-order valence-electron chi connectivity index (χ1n) is 13.6. The molecule has 8 heteroatoms. The number of benzene rings is 2. The van der Waals surface area contributed by atoms with E-state index >= 15 is 0 Å². The summed E-state index contributed by atoms with van der Waals surface area (Å²) >= 11 is 3.54. The molecule has 2 heterocycles. The van der Waals surface area contributed by atoms with Crippen LogP contribution in [0.1, 0.15) is 75.6 Å². The fourth-order valence-electron chi connectivity index (χ4n) is 5.37. The molecule has 6 nitrogen and oxygen atoms in total. The lowest BCUT2D eigenvalue weighted by atomic mass is 9.71. The van der Waals surface area contributed by atoms with Crippen molar-refractivity contribution in [3.8, 4) is 5.75 Å². The van der Waals surface area contributed by atoms with Crippen LogP contribution in [0.4, 0.5) is 0 Å². The largest absolute Gasteiger partial charge is 0.491 e. The number of carbonyl (C=O) groups excluding carboxylic acids is 1.